The van der Waals surface area contributed by atoms with E-state index >= 15 is 0 Å². The van der Waals surface area contributed by atoms with Crippen molar-refractivity contribution in [2.75, 3.05) is 6.54 Å². The van der Waals surface area contributed by atoms with Crippen LogP contribution in [0.1, 0.15) is 18.4 Å². The summed E-state index contributed by atoms with van der Waals surface area (Å²) in [5.74, 6) is -0.498. The summed E-state index contributed by atoms with van der Waals surface area (Å²) in [4.78, 5) is -0.349. The summed E-state index contributed by atoms with van der Waals surface area (Å²) in [5.41, 5.74) is 5.32. The Kier molecular flexibility index (Phi) is 3.85. The fourth-order valence-electron chi connectivity index (χ4n) is 1.81. The maximum atomic E-state index is 13.4. The largest absolute Gasteiger partial charge is 0.326 e. The van der Waals surface area contributed by atoms with Crippen LogP contribution in [0.2, 0.25) is 0 Å². The van der Waals surface area contributed by atoms with Crippen LogP contribution in [0.25, 0.3) is 0 Å². The molecule has 1 aliphatic rings. The van der Waals surface area contributed by atoms with Crippen molar-refractivity contribution in [3.63, 3.8) is 0 Å². The number of halogens is 1. The Balaban J connectivity index is 2.19. The van der Waals surface area contributed by atoms with Crippen molar-refractivity contribution in [2.45, 2.75) is 23.8 Å². The van der Waals surface area contributed by atoms with Crippen molar-refractivity contribution < 1.29 is 12.8 Å². The number of nitriles is 1. The van der Waals surface area contributed by atoms with Crippen LogP contribution in [0.3, 0.4) is 0 Å². The first kappa shape index (κ1) is 13.9. The second-order valence-electron chi connectivity index (χ2n) is 4.58. The molecule has 0 radical (unpaired) electrons. The third-order valence-electron chi connectivity index (χ3n) is 3.11. The lowest BCUT2D eigenvalue weighted by molar-refractivity contribution is 0.546. The van der Waals surface area contributed by atoms with Crippen molar-refractivity contribution in [3.05, 3.63) is 29.6 Å². The van der Waals surface area contributed by atoms with Gasteiger partial charge in [0.1, 0.15) is 22.3 Å². The molecule has 1 aromatic carbocycles. The van der Waals surface area contributed by atoms with Crippen molar-refractivity contribution in [3.8, 4) is 6.07 Å². The highest BCUT2D eigenvalue weighted by molar-refractivity contribution is 7.89. The highest BCUT2D eigenvalue weighted by atomic mass is 32.2. The zero-order valence-electron chi connectivity index (χ0n) is 10.1. The van der Waals surface area contributed by atoms with Gasteiger partial charge in [0.05, 0.1) is 0 Å². The first-order valence-electron chi connectivity index (χ1n) is 5.89. The third kappa shape index (κ3) is 3.10. The van der Waals surface area contributed by atoms with E-state index in [9.17, 15) is 12.8 Å². The molecule has 0 heterocycles. The maximum Gasteiger partial charge on any atom is 0.242 e. The fourth-order valence-corrected chi connectivity index (χ4v) is 3.05. The van der Waals surface area contributed by atoms with E-state index in [1.165, 1.54) is 12.1 Å². The smallest absolute Gasteiger partial charge is 0.242 e. The molecule has 2 rings (SSSR count). The maximum absolute atomic E-state index is 13.4. The molecule has 1 unspecified atom stereocenters. The molecule has 7 heteroatoms. The molecule has 0 saturated heterocycles. The van der Waals surface area contributed by atoms with Crippen molar-refractivity contribution in [1.29, 1.82) is 5.26 Å². The van der Waals surface area contributed by atoms with Gasteiger partial charge in [0.15, 0.2) is 0 Å². The number of nitrogens with two attached hydrogens (primary N) is 1. The van der Waals surface area contributed by atoms with Gasteiger partial charge >= 0.3 is 0 Å². The summed E-state index contributed by atoms with van der Waals surface area (Å²) in [7, 11) is -3.92. The minimum atomic E-state index is -3.92. The normalized spacial score (nSPS) is 16.9. The molecule has 102 valence electrons. The molecule has 0 bridgehead atoms. The third-order valence-corrected chi connectivity index (χ3v) is 4.58. The van der Waals surface area contributed by atoms with E-state index in [-0.39, 0.29) is 17.5 Å². The Morgan fingerprint density at radius 3 is 2.79 bits per heavy atom. The van der Waals surface area contributed by atoms with Gasteiger partial charge in [0, 0.05) is 12.6 Å². The van der Waals surface area contributed by atoms with Gasteiger partial charge in [-0.25, -0.2) is 17.5 Å². The van der Waals surface area contributed by atoms with E-state index in [2.05, 4.69) is 4.72 Å². The summed E-state index contributed by atoms with van der Waals surface area (Å²) < 4.78 is 39.8. The van der Waals surface area contributed by atoms with Crippen LogP contribution in [0.5, 0.6) is 0 Å². The molecule has 1 saturated carbocycles. The average Bonchev–Trinajstić information content (AvgIpc) is 3.20. The van der Waals surface area contributed by atoms with E-state index < -0.39 is 21.4 Å². The lowest BCUT2D eigenvalue weighted by Crippen LogP contribution is -2.38. The average molecular weight is 283 g/mol. The molecule has 0 aliphatic heterocycles. The molecule has 0 amide bonds. The van der Waals surface area contributed by atoms with Gasteiger partial charge in [-0.1, -0.05) is 6.07 Å². The molecule has 1 aliphatic carbocycles. The standard InChI is InChI=1S/C12H14FN3O2S/c13-10-2-1-3-12(9(10)6-14)19(17,18)16-7-11(15)8-4-5-8/h1-3,8,11,16H,4-5,7,15H2. The molecule has 19 heavy (non-hydrogen) atoms. The molecule has 1 fully saturated rings. The van der Waals surface area contributed by atoms with E-state index in [0.29, 0.717) is 5.92 Å². The highest BCUT2D eigenvalue weighted by Crippen LogP contribution is 2.31. The predicted molar refractivity (Wildman–Crippen MR) is 67.0 cm³/mol. The summed E-state index contributed by atoms with van der Waals surface area (Å²) in [6, 6.07) is 4.83. The van der Waals surface area contributed by atoms with Crippen LogP contribution < -0.4 is 10.5 Å². The van der Waals surface area contributed by atoms with E-state index in [4.69, 9.17) is 11.0 Å². The Morgan fingerprint density at radius 2 is 2.21 bits per heavy atom. The number of hydrogen-bond acceptors (Lipinski definition) is 4. The van der Waals surface area contributed by atoms with Crippen LogP contribution in [0.4, 0.5) is 4.39 Å². The van der Waals surface area contributed by atoms with E-state index in [1.807, 2.05) is 0 Å². The Bertz CT molecular complexity index is 620. The number of hydrogen-bond donors (Lipinski definition) is 2. The van der Waals surface area contributed by atoms with E-state index in [1.54, 1.807) is 6.07 Å². The molecular weight excluding hydrogens is 269 g/mol. The lowest BCUT2D eigenvalue weighted by Gasteiger charge is -2.12. The first-order chi connectivity index (χ1) is 8.95. The second-order valence-corrected chi connectivity index (χ2v) is 6.31. The van der Waals surface area contributed by atoms with Gasteiger partial charge in [0.25, 0.3) is 0 Å². The summed E-state index contributed by atoms with van der Waals surface area (Å²) in [6.07, 6.45) is 2.01. The van der Waals surface area contributed by atoms with Gasteiger partial charge in [-0.3, -0.25) is 0 Å². The zero-order chi connectivity index (χ0) is 14.0. The molecule has 3 N–H and O–H groups in total. The van der Waals surface area contributed by atoms with Gasteiger partial charge in [-0.05, 0) is 30.9 Å². The molecule has 0 aromatic heterocycles. The number of benzene rings is 1. The molecule has 1 atom stereocenters. The topological polar surface area (TPSA) is 96.0 Å². The number of nitrogens with zero attached hydrogens (tertiary/aromatic N) is 1. The molecule has 0 spiro atoms. The van der Waals surface area contributed by atoms with Crippen LogP contribution >= 0.6 is 0 Å². The van der Waals surface area contributed by atoms with Crippen LogP contribution in [-0.4, -0.2) is 21.0 Å². The zero-order valence-corrected chi connectivity index (χ0v) is 11.0. The Labute approximate surface area is 111 Å². The Morgan fingerprint density at radius 1 is 1.53 bits per heavy atom. The first-order valence-corrected chi connectivity index (χ1v) is 7.38. The summed E-state index contributed by atoms with van der Waals surface area (Å²) in [5, 5.41) is 8.83. The second kappa shape index (κ2) is 5.25. The monoisotopic (exact) mass is 283 g/mol. The van der Waals surface area contributed by atoms with Gasteiger partial charge in [-0.15, -0.1) is 0 Å². The predicted octanol–water partition coefficient (Wildman–Crippen LogP) is 0.713. The molecular formula is C12H14FN3O2S. The molecule has 5 nitrogen and oxygen atoms in total. The van der Waals surface area contributed by atoms with Gasteiger partial charge in [0.2, 0.25) is 10.0 Å². The minimum Gasteiger partial charge on any atom is -0.326 e. The van der Waals surface area contributed by atoms with Gasteiger partial charge < -0.3 is 5.73 Å². The Hall–Kier alpha value is -1.49. The minimum absolute atomic E-state index is 0.0916. The SMILES string of the molecule is N#Cc1c(F)cccc1S(=O)(=O)NCC(N)C1CC1. The van der Waals surface area contributed by atoms with Crippen LogP contribution in [0, 0.1) is 23.1 Å². The number of sulfonamides is 1. The summed E-state index contributed by atoms with van der Waals surface area (Å²) >= 11 is 0. The lowest BCUT2D eigenvalue weighted by atomic mass is 10.2. The van der Waals surface area contributed by atoms with Gasteiger partial charge in [-0.2, -0.15) is 5.26 Å². The highest BCUT2D eigenvalue weighted by Gasteiger charge is 2.30. The quantitative estimate of drug-likeness (QED) is 0.832. The van der Waals surface area contributed by atoms with Crippen molar-refractivity contribution in [1.82, 2.24) is 4.72 Å². The summed E-state index contributed by atoms with van der Waals surface area (Å²) in [6.45, 7) is 0.0916. The van der Waals surface area contributed by atoms with Crippen LogP contribution in [-0.2, 0) is 10.0 Å². The van der Waals surface area contributed by atoms with Crippen LogP contribution in [0.15, 0.2) is 23.1 Å². The number of nitrogens with one attached hydrogen (secondary N) is 1. The molecule has 1 aromatic rings. The van der Waals surface area contributed by atoms with Crippen molar-refractivity contribution in [2.24, 2.45) is 11.7 Å². The number of rotatable bonds is 5. The van der Waals surface area contributed by atoms with Crippen molar-refractivity contribution >= 4 is 10.0 Å². The van der Waals surface area contributed by atoms with E-state index in [0.717, 1.165) is 18.9 Å². The fraction of sp³-hybridized carbons (Fsp3) is 0.417.